The van der Waals surface area contributed by atoms with Gasteiger partial charge in [0.2, 0.25) is 0 Å². The Morgan fingerprint density at radius 3 is 2.68 bits per heavy atom. The summed E-state index contributed by atoms with van der Waals surface area (Å²) in [6, 6.07) is 16.6. The Hall–Kier alpha value is -2.63. The number of amides is 1. The number of methoxy groups -OCH3 is 1. The number of rotatable bonds is 6. The minimum atomic E-state index is -0.325. The van der Waals surface area contributed by atoms with Gasteiger partial charge in [0, 0.05) is 36.6 Å². The summed E-state index contributed by atoms with van der Waals surface area (Å²) in [5.74, 6) is -0.194. The summed E-state index contributed by atoms with van der Waals surface area (Å²) in [6.07, 6.45) is 3.15. The molecule has 1 atom stereocenters. The van der Waals surface area contributed by atoms with Crippen LogP contribution in [0.4, 0.5) is 0 Å². The maximum atomic E-state index is 12.7. The van der Waals surface area contributed by atoms with Crippen LogP contribution in [0.3, 0.4) is 0 Å². The number of hydrogen-bond donors (Lipinski definition) is 1. The van der Waals surface area contributed by atoms with Crippen molar-refractivity contribution >= 4 is 17.5 Å². The Morgan fingerprint density at radius 2 is 1.96 bits per heavy atom. The van der Waals surface area contributed by atoms with Gasteiger partial charge in [-0.3, -0.25) is 4.79 Å². The van der Waals surface area contributed by atoms with E-state index in [1.165, 1.54) is 0 Å². The molecule has 3 rings (SSSR count). The van der Waals surface area contributed by atoms with Crippen LogP contribution in [0, 0.1) is 0 Å². The van der Waals surface area contributed by atoms with E-state index in [1.54, 1.807) is 36.3 Å². The molecule has 0 bridgehead atoms. The standard InChI is InChI=1S/C19H18ClN3O2/c1-25-18(14-7-2-4-9-16(14)20)13-21-19(24)15-8-3-5-10-17(15)23-12-6-11-22-23/h2-12,18H,13H2,1H3,(H,21,24)/t18-/m1/s1. The van der Waals surface area contributed by atoms with E-state index < -0.39 is 0 Å². The number of carbonyl (C=O) groups is 1. The van der Waals surface area contributed by atoms with E-state index in [0.717, 1.165) is 11.3 Å². The summed E-state index contributed by atoms with van der Waals surface area (Å²) < 4.78 is 7.15. The molecule has 1 heterocycles. The number of ether oxygens (including phenoxy) is 1. The van der Waals surface area contributed by atoms with Gasteiger partial charge in [0.05, 0.1) is 11.3 Å². The maximum Gasteiger partial charge on any atom is 0.253 e. The number of aromatic nitrogens is 2. The highest BCUT2D eigenvalue weighted by Crippen LogP contribution is 2.24. The third-order valence-corrected chi connectivity index (χ3v) is 4.23. The van der Waals surface area contributed by atoms with Crippen LogP contribution in [-0.2, 0) is 4.74 Å². The van der Waals surface area contributed by atoms with Gasteiger partial charge in [0.15, 0.2) is 0 Å². The first kappa shape index (κ1) is 17.2. The number of nitrogens with one attached hydrogen (secondary N) is 1. The van der Waals surface area contributed by atoms with Gasteiger partial charge in [-0.1, -0.05) is 41.9 Å². The smallest absolute Gasteiger partial charge is 0.253 e. The Kier molecular flexibility index (Phi) is 5.48. The number of benzene rings is 2. The van der Waals surface area contributed by atoms with Crippen molar-refractivity contribution in [3.63, 3.8) is 0 Å². The fourth-order valence-electron chi connectivity index (χ4n) is 2.61. The lowest BCUT2D eigenvalue weighted by molar-refractivity contribution is 0.0828. The summed E-state index contributed by atoms with van der Waals surface area (Å²) in [6.45, 7) is 0.312. The number of para-hydroxylation sites is 1. The van der Waals surface area contributed by atoms with E-state index in [2.05, 4.69) is 10.4 Å². The van der Waals surface area contributed by atoms with Crippen molar-refractivity contribution in [2.75, 3.05) is 13.7 Å². The van der Waals surface area contributed by atoms with Crippen LogP contribution >= 0.6 is 11.6 Å². The molecule has 0 spiro atoms. The van der Waals surface area contributed by atoms with Crippen LogP contribution in [0.25, 0.3) is 5.69 Å². The fraction of sp³-hybridized carbons (Fsp3) is 0.158. The molecule has 0 aliphatic carbocycles. The van der Waals surface area contributed by atoms with Crippen molar-refractivity contribution in [2.45, 2.75) is 6.10 Å². The van der Waals surface area contributed by atoms with Crippen LogP contribution in [0.1, 0.15) is 22.0 Å². The molecule has 0 radical (unpaired) electrons. The highest BCUT2D eigenvalue weighted by Gasteiger charge is 2.17. The molecule has 0 fully saturated rings. The normalized spacial score (nSPS) is 11.9. The van der Waals surface area contributed by atoms with Crippen molar-refractivity contribution in [3.8, 4) is 5.69 Å². The Labute approximate surface area is 151 Å². The molecule has 0 aliphatic heterocycles. The first-order chi connectivity index (χ1) is 12.2. The third-order valence-electron chi connectivity index (χ3n) is 3.88. The predicted octanol–water partition coefficient (Wildman–Crippen LogP) is 3.64. The molecule has 128 valence electrons. The molecular formula is C19H18ClN3O2. The Bertz CT molecular complexity index is 849. The average molecular weight is 356 g/mol. The van der Waals surface area contributed by atoms with Crippen LogP contribution in [0.5, 0.6) is 0 Å². The zero-order chi connectivity index (χ0) is 17.6. The molecule has 5 nitrogen and oxygen atoms in total. The second-order valence-corrected chi connectivity index (χ2v) is 5.83. The van der Waals surface area contributed by atoms with Gasteiger partial charge in [-0.05, 0) is 24.3 Å². The van der Waals surface area contributed by atoms with Gasteiger partial charge in [-0.15, -0.1) is 0 Å². The van der Waals surface area contributed by atoms with E-state index in [0.29, 0.717) is 17.1 Å². The number of hydrogen-bond acceptors (Lipinski definition) is 3. The minimum absolute atomic E-state index is 0.194. The SMILES string of the molecule is CO[C@H](CNC(=O)c1ccccc1-n1cccn1)c1ccccc1Cl. The maximum absolute atomic E-state index is 12.7. The van der Waals surface area contributed by atoms with Gasteiger partial charge in [0.1, 0.15) is 6.10 Å². The molecule has 0 saturated heterocycles. The summed E-state index contributed by atoms with van der Waals surface area (Å²) in [5, 5.41) is 7.72. The molecule has 6 heteroatoms. The lowest BCUT2D eigenvalue weighted by atomic mass is 10.1. The molecule has 1 aromatic heterocycles. The molecule has 1 N–H and O–H groups in total. The van der Waals surface area contributed by atoms with Crippen LogP contribution in [0.15, 0.2) is 67.0 Å². The van der Waals surface area contributed by atoms with Gasteiger partial charge in [0.25, 0.3) is 5.91 Å². The number of nitrogens with zero attached hydrogens (tertiary/aromatic N) is 2. The highest BCUT2D eigenvalue weighted by molar-refractivity contribution is 6.31. The lowest BCUT2D eigenvalue weighted by Gasteiger charge is -2.18. The molecule has 0 unspecified atom stereocenters. The Morgan fingerprint density at radius 1 is 1.20 bits per heavy atom. The van der Waals surface area contributed by atoms with Gasteiger partial charge in [-0.25, -0.2) is 4.68 Å². The van der Waals surface area contributed by atoms with Crippen LogP contribution in [0.2, 0.25) is 5.02 Å². The molecule has 25 heavy (non-hydrogen) atoms. The molecule has 0 saturated carbocycles. The van der Waals surface area contributed by atoms with E-state index in [1.807, 2.05) is 42.5 Å². The molecule has 3 aromatic rings. The van der Waals surface area contributed by atoms with Gasteiger partial charge >= 0.3 is 0 Å². The largest absolute Gasteiger partial charge is 0.375 e. The summed E-state index contributed by atoms with van der Waals surface area (Å²) in [5.41, 5.74) is 2.10. The molecular weight excluding hydrogens is 338 g/mol. The number of halogens is 1. The minimum Gasteiger partial charge on any atom is -0.375 e. The van der Waals surface area contributed by atoms with Gasteiger partial charge in [-0.2, -0.15) is 5.10 Å². The quantitative estimate of drug-likeness (QED) is 0.734. The molecule has 1 amide bonds. The monoisotopic (exact) mass is 355 g/mol. The topological polar surface area (TPSA) is 56.1 Å². The third kappa shape index (κ3) is 3.90. The van der Waals surface area contributed by atoms with Crippen LogP contribution in [-0.4, -0.2) is 29.3 Å². The van der Waals surface area contributed by atoms with Gasteiger partial charge < -0.3 is 10.1 Å². The Balaban J connectivity index is 1.76. The van der Waals surface area contributed by atoms with E-state index in [4.69, 9.17) is 16.3 Å². The average Bonchev–Trinajstić information content (AvgIpc) is 3.18. The van der Waals surface area contributed by atoms with Crippen molar-refractivity contribution in [2.24, 2.45) is 0 Å². The van der Waals surface area contributed by atoms with Crippen LogP contribution < -0.4 is 5.32 Å². The van der Waals surface area contributed by atoms with E-state index in [9.17, 15) is 4.79 Å². The molecule has 2 aromatic carbocycles. The highest BCUT2D eigenvalue weighted by atomic mass is 35.5. The summed E-state index contributed by atoms with van der Waals surface area (Å²) >= 11 is 6.22. The predicted molar refractivity (Wildman–Crippen MR) is 97.1 cm³/mol. The van der Waals surface area contributed by atoms with Crippen molar-refractivity contribution < 1.29 is 9.53 Å². The second kappa shape index (κ2) is 7.96. The zero-order valence-corrected chi connectivity index (χ0v) is 14.5. The summed E-state index contributed by atoms with van der Waals surface area (Å²) in [4.78, 5) is 12.7. The van der Waals surface area contributed by atoms with E-state index >= 15 is 0 Å². The lowest BCUT2D eigenvalue weighted by Crippen LogP contribution is -2.30. The van der Waals surface area contributed by atoms with Crippen molar-refractivity contribution in [1.29, 1.82) is 0 Å². The second-order valence-electron chi connectivity index (χ2n) is 5.42. The first-order valence-electron chi connectivity index (χ1n) is 7.85. The van der Waals surface area contributed by atoms with Crippen molar-refractivity contribution in [3.05, 3.63) is 83.1 Å². The molecule has 0 aliphatic rings. The van der Waals surface area contributed by atoms with Crippen molar-refractivity contribution in [1.82, 2.24) is 15.1 Å². The fourth-order valence-corrected chi connectivity index (χ4v) is 2.87. The first-order valence-corrected chi connectivity index (χ1v) is 8.23. The number of carbonyl (C=O) groups excluding carboxylic acids is 1. The summed E-state index contributed by atoms with van der Waals surface area (Å²) in [7, 11) is 1.60. The zero-order valence-electron chi connectivity index (χ0n) is 13.7. The van der Waals surface area contributed by atoms with E-state index in [-0.39, 0.29) is 12.0 Å².